The highest BCUT2D eigenvalue weighted by Gasteiger charge is 2.15. The normalized spacial score (nSPS) is 10.8. The highest BCUT2D eigenvalue weighted by atomic mass is 35.5. The van der Waals surface area contributed by atoms with E-state index in [1.54, 1.807) is 18.2 Å². The van der Waals surface area contributed by atoms with Gasteiger partial charge in [-0.05, 0) is 41.8 Å². The molecule has 0 bridgehead atoms. The molecule has 116 valence electrons. The van der Waals surface area contributed by atoms with E-state index in [2.05, 4.69) is 10.3 Å². The zero-order valence-corrected chi connectivity index (χ0v) is 13.7. The van der Waals surface area contributed by atoms with Crippen LogP contribution in [0.2, 0.25) is 15.1 Å². The van der Waals surface area contributed by atoms with Crippen LogP contribution >= 0.6 is 34.8 Å². The van der Waals surface area contributed by atoms with Crippen LogP contribution in [0.4, 0.5) is 10.1 Å². The second kappa shape index (κ2) is 6.32. The molecule has 0 aliphatic rings. The van der Waals surface area contributed by atoms with Gasteiger partial charge in [0.15, 0.2) is 0 Å². The van der Waals surface area contributed by atoms with Gasteiger partial charge in [0, 0.05) is 22.3 Å². The van der Waals surface area contributed by atoms with E-state index >= 15 is 0 Å². The van der Waals surface area contributed by atoms with E-state index in [4.69, 9.17) is 34.8 Å². The molecule has 0 aliphatic heterocycles. The molecule has 0 radical (unpaired) electrons. The molecule has 0 spiro atoms. The number of hydrogen-bond acceptors (Lipinski definition) is 2. The minimum atomic E-state index is -0.564. The van der Waals surface area contributed by atoms with Crippen LogP contribution in [0.25, 0.3) is 10.8 Å². The third kappa shape index (κ3) is 3.24. The summed E-state index contributed by atoms with van der Waals surface area (Å²) in [5, 5.41) is 4.50. The lowest BCUT2D eigenvalue weighted by molar-refractivity contribution is 0.102. The van der Waals surface area contributed by atoms with Crippen molar-refractivity contribution in [3.05, 3.63) is 69.2 Å². The number of fused-ring (bicyclic) bond motifs is 1. The molecule has 23 heavy (non-hydrogen) atoms. The number of hydrogen-bond donors (Lipinski definition) is 1. The number of amides is 1. The van der Waals surface area contributed by atoms with Gasteiger partial charge in [0.2, 0.25) is 0 Å². The first-order valence-corrected chi connectivity index (χ1v) is 7.59. The maximum atomic E-state index is 13.2. The summed E-state index contributed by atoms with van der Waals surface area (Å²) in [5.41, 5.74) is 0.495. The van der Waals surface area contributed by atoms with Crippen molar-refractivity contribution in [2.24, 2.45) is 0 Å². The minimum absolute atomic E-state index is 0.0847. The van der Waals surface area contributed by atoms with Crippen LogP contribution in [-0.4, -0.2) is 10.9 Å². The zero-order valence-electron chi connectivity index (χ0n) is 11.4. The number of anilines is 1. The van der Waals surface area contributed by atoms with Gasteiger partial charge in [0.1, 0.15) is 11.5 Å². The van der Waals surface area contributed by atoms with Crippen LogP contribution in [0, 0.1) is 5.82 Å². The Morgan fingerprint density at radius 1 is 1.04 bits per heavy atom. The molecule has 1 heterocycles. The quantitative estimate of drug-likeness (QED) is 0.640. The largest absolute Gasteiger partial charge is 0.321 e. The second-order valence-electron chi connectivity index (χ2n) is 4.73. The van der Waals surface area contributed by atoms with E-state index in [1.807, 2.05) is 0 Å². The summed E-state index contributed by atoms with van der Waals surface area (Å²) in [6.07, 6.45) is 1.49. The average molecular weight is 370 g/mol. The molecule has 0 atom stereocenters. The Bertz CT molecular complexity index is 931. The minimum Gasteiger partial charge on any atom is -0.321 e. The number of aromatic nitrogens is 1. The van der Waals surface area contributed by atoms with Crippen molar-refractivity contribution in [1.29, 1.82) is 0 Å². The predicted octanol–water partition coefficient (Wildman–Crippen LogP) is 5.59. The van der Waals surface area contributed by atoms with Crippen molar-refractivity contribution < 1.29 is 9.18 Å². The lowest BCUT2D eigenvalue weighted by atomic mass is 10.1. The standard InChI is InChI=1S/C16H8Cl3FN2O/c17-9-5-8-3-4-21-15(14(8)12(19)6-9)16(23)22-10-1-2-13(20)11(18)7-10/h1-7H,(H,22,23). The van der Waals surface area contributed by atoms with Gasteiger partial charge >= 0.3 is 0 Å². The summed E-state index contributed by atoms with van der Waals surface area (Å²) >= 11 is 17.9. The summed E-state index contributed by atoms with van der Waals surface area (Å²) in [4.78, 5) is 16.5. The van der Waals surface area contributed by atoms with Crippen LogP contribution in [0.15, 0.2) is 42.6 Å². The van der Waals surface area contributed by atoms with Crippen molar-refractivity contribution in [2.45, 2.75) is 0 Å². The first kappa shape index (κ1) is 16.0. The SMILES string of the molecule is O=C(Nc1ccc(F)c(Cl)c1)c1nccc2cc(Cl)cc(Cl)c12. The van der Waals surface area contributed by atoms with E-state index in [1.165, 1.54) is 24.4 Å². The maximum Gasteiger partial charge on any atom is 0.274 e. The van der Waals surface area contributed by atoms with Crippen LogP contribution in [0.3, 0.4) is 0 Å². The third-order valence-corrected chi connectivity index (χ3v) is 3.98. The Balaban J connectivity index is 2.02. The van der Waals surface area contributed by atoms with Crippen LogP contribution in [0.5, 0.6) is 0 Å². The Hall–Kier alpha value is -1.88. The molecule has 1 amide bonds. The summed E-state index contributed by atoms with van der Waals surface area (Å²) < 4.78 is 13.2. The fourth-order valence-electron chi connectivity index (χ4n) is 2.17. The topological polar surface area (TPSA) is 42.0 Å². The number of rotatable bonds is 2. The molecule has 3 rings (SSSR count). The molecular formula is C16H8Cl3FN2O. The van der Waals surface area contributed by atoms with Gasteiger partial charge in [0.25, 0.3) is 5.91 Å². The number of carbonyl (C=O) groups is 1. The van der Waals surface area contributed by atoms with E-state index in [0.29, 0.717) is 26.5 Å². The molecule has 1 N–H and O–H groups in total. The number of halogens is 4. The molecule has 3 nitrogen and oxygen atoms in total. The van der Waals surface area contributed by atoms with Crippen molar-refractivity contribution >= 4 is 57.2 Å². The predicted molar refractivity (Wildman–Crippen MR) is 91.1 cm³/mol. The van der Waals surface area contributed by atoms with E-state index in [0.717, 1.165) is 0 Å². The number of nitrogens with zero attached hydrogens (tertiary/aromatic N) is 1. The third-order valence-electron chi connectivity index (χ3n) is 3.17. The molecule has 3 aromatic rings. The van der Waals surface area contributed by atoms with Crippen molar-refractivity contribution in [3.8, 4) is 0 Å². The van der Waals surface area contributed by atoms with Crippen molar-refractivity contribution in [3.63, 3.8) is 0 Å². The smallest absolute Gasteiger partial charge is 0.274 e. The number of pyridine rings is 1. The van der Waals surface area contributed by atoms with Crippen LogP contribution in [0.1, 0.15) is 10.5 Å². The van der Waals surface area contributed by atoms with E-state index in [-0.39, 0.29) is 10.7 Å². The average Bonchev–Trinajstić information content (AvgIpc) is 2.50. The van der Waals surface area contributed by atoms with Crippen molar-refractivity contribution in [1.82, 2.24) is 4.98 Å². The number of benzene rings is 2. The zero-order chi connectivity index (χ0) is 16.6. The van der Waals surface area contributed by atoms with Gasteiger partial charge in [-0.1, -0.05) is 34.8 Å². The monoisotopic (exact) mass is 368 g/mol. The van der Waals surface area contributed by atoms with E-state index < -0.39 is 11.7 Å². The fraction of sp³-hybridized carbons (Fsp3) is 0. The van der Waals surface area contributed by atoms with Crippen LogP contribution in [-0.2, 0) is 0 Å². The van der Waals surface area contributed by atoms with Gasteiger partial charge in [0.05, 0.1) is 10.0 Å². The fourth-order valence-corrected chi connectivity index (χ4v) is 2.95. The first-order chi connectivity index (χ1) is 11.0. The molecular weight excluding hydrogens is 362 g/mol. The van der Waals surface area contributed by atoms with Crippen LogP contribution < -0.4 is 5.32 Å². The Labute approximate surface area is 146 Å². The summed E-state index contributed by atoms with van der Waals surface area (Å²) in [6.45, 7) is 0. The molecule has 1 aromatic heterocycles. The summed E-state index contributed by atoms with van der Waals surface area (Å²) in [7, 11) is 0. The van der Waals surface area contributed by atoms with Gasteiger partial charge in [-0.3, -0.25) is 9.78 Å². The van der Waals surface area contributed by atoms with Gasteiger partial charge in [-0.15, -0.1) is 0 Å². The molecule has 0 aliphatic carbocycles. The van der Waals surface area contributed by atoms with Gasteiger partial charge in [-0.25, -0.2) is 4.39 Å². The van der Waals surface area contributed by atoms with Gasteiger partial charge in [-0.2, -0.15) is 0 Å². The Morgan fingerprint density at radius 3 is 2.57 bits per heavy atom. The molecule has 7 heteroatoms. The molecule has 0 saturated carbocycles. The van der Waals surface area contributed by atoms with E-state index in [9.17, 15) is 9.18 Å². The molecule has 0 saturated heterocycles. The highest BCUT2D eigenvalue weighted by Crippen LogP contribution is 2.30. The maximum absolute atomic E-state index is 13.2. The Morgan fingerprint density at radius 2 is 1.83 bits per heavy atom. The Kier molecular flexibility index (Phi) is 4.39. The number of nitrogens with one attached hydrogen (secondary N) is 1. The first-order valence-electron chi connectivity index (χ1n) is 6.46. The highest BCUT2D eigenvalue weighted by molar-refractivity contribution is 6.39. The lowest BCUT2D eigenvalue weighted by Gasteiger charge is -2.09. The molecule has 2 aromatic carbocycles. The summed E-state index contributed by atoms with van der Waals surface area (Å²) in [6, 6.07) is 8.83. The van der Waals surface area contributed by atoms with Gasteiger partial charge < -0.3 is 5.32 Å². The second-order valence-corrected chi connectivity index (χ2v) is 5.98. The van der Waals surface area contributed by atoms with Crippen molar-refractivity contribution in [2.75, 3.05) is 5.32 Å². The lowest BCUT2D eigenvalue weighted by Crippen LogP contribution is -2.14. The summed E-state index contributed by atoms with van der Waals surface area (Å²) in [5.74, 6) is -1.05. The molecule has 0 unspecified atom stereocenters. The number of carbonyl (C=O) groups excluding carboxylic acids is 1. The molecule has 0 fully saturated rings.